The molecule has 2 N–H and O–H groups in total. The van der Waals surface area contributed by atoms with Crippen molar-refractivity contribution in [2.75, 3.05) is 10.6 Å². The molecule has 0 bridgehead atoms. The van der Waals surface area contributed by atoms with E-state index in [-0.39, 0.29) is 5.69 Å². The van der Waals surface area contributed by atoms with Gasteiger partial charge in [0.2, 0.25) is 0 Å². The molecule has 0 saturated heterocycles. The third-order valence-electron chi connectivity index (χ3n) is 3.38. The van der Waals surface area contributed by atoms with Crippen molar-refractivity contribution in [2.24, 2.45) is 0 Å². The number of amides is 1. The fraction of sp³-hybridized carbons (Fsp3) is 0. The molecule has 122 valence electrons. The smallest absolute Gasteiger partial charge is 0.274 e. The molecule has 2 aromatic carbocycles. The first kappa shape index (κ1) is 16.1. The average Bonchev–Trinajstić information content (AvgIpc) is 2.62. The van der Waals surface area contributed by atoms with Crippen LogP contribution in [0.2, 0.25) is 0 Å². The van der Waals surface area contributed by atoms with Crippen molar-refractivity contribution in [2.45, 2.75) is 0 Å². The lowest BCUT2D eigenvalue weighted by atomic mass is 10.2. The van der Waals surface area contributed by atoms with Crippen LogP contribution in [-0.4, -0.2) is 10.9 Å². The number of nitrogens with one attached hydrogen (secondary N) is 2. The van der Waals surface area contributed by atoms with Gasteiger partial charge < -0.3 is 10.6 Å². The Labute approximate surface area is 143 Å². The highest BCUT2D eigenvalue weighted by molar-refractivity contribution is 6.03. The minimum absolute atomic E-state index is 0.197. The van der Waals surface area contributed by atoms with E-state index in [1.165, 1.54) is 24.4 Å². The summed E-state index contributed by atoms with van der Waals surface area (Å²) in [6, 6.07) is 17.9. The van der Waals surface area contributed by atoms with E-state index in [0.29, 0.717) is 16.9 Å². The molecule has 25 heavy (non-hydrogen) atoms. The van der Waals surface area contributed by atoms with Crippen LogP contribution in [0.5, 0.6) is 0 Å². The van der Waals surface area contributed by atoms with Gasteiger partial charge in [-0.2, -0.15) is 5.26 Å². The van der Waals surface area contributed by atoms with Crippen LogP contribution in [0.25, 0.3) is 0 Å². The lowest BCUT2D eigenvalue weighted by Crippen LogP contribution is -2.13. The van der Waals surface area contributed by atoms with E-state index in [4.69, 9.17) is 5.26 Å². The van der Waals surface area contributed by atoms with Gasteiger partial charge in [0.15, 0.2) is 0 Å². The number of hydrogen-bond acceptors (Lipinski definition) is 4. The molecule has 1 amide bonds. The molecule has 5 nitrogen and oxygen atoms in total. The number of nitrogens with zero attached hydrogens (tertiary/aromatic N) is 2. The highest BCUT2D eigenvalue weighted by Crippen LogP contribution is 2.18. The molecule has 0 fully saturated rings. The summed E-state index contributed by atoms with van der Waals surface area (Å²) in [5.74, 6) is -0.865. The van der Waals surface area contributed by atoms with Gasteiger partial charge in [0.25, 0.3) is 5.91 Å². The van der Waals surface area contributed by atoms with Gasteiger partial charge in [-0.25, -0.2) is 4.39 Å². The molecule has 0 unspecified atom stereocenters. The highest BCUT2D eigenvalue weighted by atomic mass is 19.1. The third kappa shape index (κ3) is 4.18. The number of aromatic nitrogens is 1. The molecule has 0 spiro atoms. The van der Waals surface area contributed by atoms with E-state index < -0.39 is 11.7 Å². The quantitative estimate of drug-likeness (QED) is 0.754. The van der Waals surface area contributed by atoms with Gasteiger partial charge in [-0.3, -0.25) is 9.78 Å². The first-order chi connectivity index (χ1) is 12.1. The van der Waals surface area contributed by atoms with Gasteiger partial charge in [0.05, 0.1) is 11.6 Å². The maximum atomic E-state index is 13.2. The number of rotatable bonds is 4. The Balaban J connectivity index is 1.74. The molecule has 6 heteroatoms. The molecule has 1 heterocycles. The van der Waals surface area contributed by atoms with Crippen molar-refractivity contribution in [3.05, 3.63) is 83.9 Å². The monoisotopic (exact) mass is 332 g/mol. The number of carbonyl (C=O) groups excluding carboxylic acids is 1. The summed E-state index contributed by atoms with van der Waals surface area (Å²) < 4.78 is 13.2. The Morgan fingerprint density at radius 1 is 1.00 bits per heavy atom. The van der Waals surface area contributed by atoms with E-state index >= 15 is 0 Å². The molecule has 0 aliphatic rings. The van der Waals surface area contributed by atoms with Crippen LogP contribution in [0.4, 0.5) is 21.5 Å². The molecular formula is C19H13FN4O. The van der Waals surface area contributed by atoms with E-state index in [0.717, 1.165) is 5.69 Å². The largest absolute Gasteiger partial charge is 0.355 e. The van der Waals surface area contributed by atoms with Crippen LogP contribution in [0.3, 0.4) is 0 Å². The van der Waals surface area contributed by atoms with Crippen molar-refractivity contribution in [1.29, 1.82) is 5.26 Å². The lowest BCUT2D eigenvalue weighted by molar-refractivity contribution is 0.102. The summed E-state index contributed by atoms with van der Waals surface area (Å²) in [4.78, 5) is 16.3. The summed E-state index contributed by atoms with van der Waals surface area (Å²) >= 11 is 0. The zero-order chi connectivity index (χ0) is 17.6. The molecule has 3 aromatic rings. The number of carbonyl (C=O) groups is 1. The van der Waals surface area contributed by atoms with E-state index in [9.17, 15) is 9.18 Å². The van der Waals surface area contributed by atoms with Crippen LogP contribution in [0, 0.1) is 17.1 Å². The summed E-state index contributed by atoms with van der Waals surface area (Å²) in [6.45, 7) is 0. The first-order valence-electron chi connectivity index (χ1n) is 7.44. The van der Waals surface area contributed by atoms with E-state index in [1.54, 1.807) is 42.5 Å². The molecule has 0 aliphatic carbocycles. The summed E-state index contributed by atoms with van der Waals surface area (Å²) in [6.07, 6.45) is 1.51. The standard InChI is InChI=1S/C19H13FN4O/c20-14-2-1-3-16(10-14)24-19(25)18-11-17(8-9-22-18)23-15-6-4-13(12-21)5-7-15/h1-11H,(H,22,23)(H,24,25). The maximum absolute atomic E-state index is 13.2. The van der Waals surface area contributed by atoms with Gasteiger partial charge in [0, 0.05) is 23.3 Å². The normalized spacial score (nSPS) is 9.92. The van der Waals surface area contributed by atoms with E-state index in [1.807, 2.05) is 0 Å². The fourth-order valence-corrected chi connectivity index (χ4v) is 2.19. The zero-order valence-electron chi connectivity index (χ0n) is 13.0. The van der Waals surface area contributed by atoms with Crippen LogP contribution < -0.4 is 10.6 Å². The van der Waals surface area contributed by atoms with Gasteiger partial charge >= 0.3 is 0 Å². The molecule has 1 aromatic heterocycles. The van der Waals surface area contributed by atoms with Gasteiger partial charge in [-0.15, -0.1) is 0 Å². The maximum Gasteiger partial charge on any atom is 0.274 e. The van der Waals surface area contributed by atoms with Crippen molar-refractivity contribution in [3.63, 3.8) is 0 Å². The van der Waals surface area contributed by atoms with E-state index in [2.05, 4.69) is 21.7 Å². The predicted octanol–water partition coefficient (Wildman–Crippen LogP) is 4.09. The molecule has 0 saturated carbocycles. The molecule has 0 aliphatic heterocycles. The second-order valence-electron chi connectivity index (χ2n) is 5.21. The van der Waals surface area contributed by atoms with Crippen LogP contribution >= 0.6 is 0 Å². The van der Waals surface area contributed by atoms with Crippen molar-refractivity contribution >= 4 is 23.0 Å². The number of anilines is 3. The second-order valence-corrected chi connectivity index (χ2v) is 5.21. The summed E-state index contributed by atoms with van der Waals surface area (Å²) in [5, 5.41) is 14.5. The Hall–Kier alpha value is -3.72. The van der Waals surface area contributed by atoms with Crippen LogP contribution in [0.1, 0.15) is 16.1 Å². The zero-order valence-corrected chi connectivity index (χ0v) is 13.0. The Bertz CT molecular complexity index is 948. The number of hydrogen-bond donors (Lipinski definition) is 2. The fourth-order valence-electron chi connectivity index (χ4n) is 2.19. The molecular weight excluding hydrogens is 319 g/mol. The Morgan fingerprint density at radius 2 is 1.80 bits per heavy atom. The van der Waals surface area contributed by atoms with Crippen molar-refractivity contribution in [1.82, 2.24) is 4.98 Å². The average molecular weight is 332 g/mol. The van der Waals surface area contributed by atoms with Gasteiger partial charge in [-0.05, 0) is 54.6 Å². The van der Waals surface area contributed by atoms with Crippen LogP contribution in [-0.2, 0) is 0 Å². The Morgan fingerprint density at radius 3 is 2.52 bits per heavy atom. The summed E-state index contributed by atoms with van der Waals surface area (Å²) in [7, 11) is 0. The number of benzene rings is 2. The SMILES string of the molecule is N#Cc1ccc(Nc2ccnc(C(=O)Nc3cccc(F)c3)c2)cc1. The second kappa shape index (κ2) is 7.23. The third-order valence-corrected chi connectivity index (χ3v) is 3.38. The first-order valence-corrected chi connectivity index (χ1v) is 7.44. The van der Waals surface area contributed by atoms with Crippen molar-refractivity contribution in [3.8, 4) is 6.07 Å². The minimum Gasteiger partial charge on any atom is -0.355 e. The minimum atomic E-state index is -0.436. The number of halogens is 1. The van der Waals surface area contributed by atoms with Crippen LogP contribution in [0.15, 0.2) is 66.9 Å². The topological polar surface area (TPSA) is 77.8 Å². The highest BCUT2D eigenvalue weighted by Gasteiger charge is 2.09. The molecule has 0 atom stereocenters. The number of nitriles is 1. The molecule has 0 radical (unpaired) electrons. The Kier molecular flexibility index (Phi) is 4.67. The van der Waals surface area contributed by atoms with Gasteiger partial charge in [-0.1, -0.05) is 6.07 Å². The van der Waals surface area contributed by atoms with Gasteiger partial charge in [0.1, 0.15) is 11.5 Å². The number of pyridine rings is 1. The predicted molar refractivity (Wildman–Crippen MR) is 93.0 cm³/mol. The van der Waals surface area contributed by atoms with Crippen molar-refractivity contribution < 1.29 is 9.18 Å². The molecule has 3 rings (SSSR count). The lowest BCUT2D eigenvalue weighted by Gasteiger charge is -2.09. The summed E-state index contributed by atoms with van der Waals surface area (Å²) in [5.41, 5.74) is 2.57.